The molecule has 1 aliphatic heterocycles. The molecule has 226 valence electrons. The maximum atomic E-state index is 13.6. The van der Waals surface area contributed by atoms with E-state index in [1.165, 1.54) is 10.6 Å². The number of amides is 2. The smallest absolute Gasteiger partial charge is 0.411 e. The monoisotopic (exact) mass is 595 g/mol. The molecule has 2 amide bonds. The van der Waals surface area contributed by atoms with Crippen LogP contribution in [0, 0.1) is 0 Å². The minimum Gasteiger partial charge on any atom is -0.449 e. The van der Waals surface area contributed by atoms with Crippen LogP contribution in [0.25, 0.3) is 0 Å². The molecule has 5 rings (SSSR count). The number of hydrogen-bond acceptors (Lipinski definition) is 7. The van der Waals surface area contributed by atoms with Crippen LogP contribution < -0.4 is 16.2 Å². The predicted octanol–water partition coefficient (Wildman–Crippen LogP) is 4.20. The van der Waals surface area contributed by atoms with Gasteiger partial charge in [-0.3, -0.25) is 19.7 Å². The van der Waals surface area contributed by atoms with Gasteiger partial charge in [-0.15, -0.1) is 0 Å². The molecule has 1 fully saturated rings. The van der Waals surface area contributed by atoms with Gasteiger partial charge < -0.3 is 24.1 Å². The first-order valence-electron chi connectivity index (χ1n) is 14.3. The van der Waals surface area contributed by atoms with Gasteiger partial charge in [-0.05, 0) is 28.8 Å². The molecule has 3 aromatic carbocycles. The van der Waals surface area contributed by atoms with Crippen molar-refractivity contribution >= 4 is 23.7 Å². The van der Waals surface area contributed by atoms with Crippen LogP contribution in [0.3, 0.4) is 0 Å². The number of nitrogens with one attached hydrogen (secondary N) is 2. The molecule has 0 bridgehead atoms. The van der Waals surface area contributed by atoms with Crippen LogP contribution in [-0.2, 0) is 49.8 Å². The van der Waals surface area contributed by atoms with Crippen molar-refractivity contribution in [2.24, 2.45) is 0 Å². The Hall–Kier alpha value is -5.22. The Morgan fingerprint density at radius 2 is 1.45 bits per heavy atom. The molecular formula is C34H33N3O7. The van der Waals surface area contributed by atoms with E-state index in [2.05, 4.69) is 10.6 Å². The quantitative estimate of drug-likeness (QED) is 0.235. The van der Waals surface area contributed by atoms with Gasteiger partial charge in [0, 0.05) is 18.5 Å². The molecular weight excluding hydrogens is 562 g/mol. The summed E-state index contributed by atoms with van der Waals surface area (Å²) >= 11 is 0. The first kappa shape index (κ1) is 30.2. The molecule has 1 aromatic heterocycles. The number of hydrogen-bond donors (Lipinski definition) is 2. The molecule has 0 spiro atoms. The second-order valence-corrected chi connectivity index (χ2v) is 10.3. The van der Waals surface area contributed by atoms with Gasteiger partial charge in [0.1, 0.15) is 18.3 Å². The number of rotatable bonds is 12. The number of pyridine rings is 1. The Kier molecular flexibility index (Phi) is 10.2. The Labute approximate surface area is 254 Å². The zero-order chi connectivity index (χ0) is 30.7. The lowest BCUT2D eigenvalue weighted by atomic mass is 10.1. The number of carbonyl (C=O) groups excluding carboxylic acids is 3. The summed E-state index contributed by atoms with van der Waals surface area (Å²) in [5, 5.41) is 5.29. The number of benzene rings is 3. The molecule has 1 saturated heterocycles. The van der Waals surface area contributed by atoms with Gasteiger partial charge in [0.2, 0.25) is 12.2 Å². The summed E-state index contributed by atoms with van der Waals surface area (Å²) in [7, 11) is 0. The topological polar surface area (TPSA) is 125 Å². The van der Waals surface area contributed by atoms with E-state index in [-0.39, 0.29) is 31.9 Å². The summed E-state index contributed by atoms with van der Waals surface area (Å²) in [6.07, 6.45) is -0.902. The lowest BCUT2D eigenvalue weighted by molar-refractivity contribution is -0.168. The minimum atomic E-state index is -0.967. The van der Waals surface area contributed by atoms with Crippen LogP contribution in [-0.4, -0.2) is 41.5 Å². The summed E-state index contributed by atoms with van der Waals surface area (Å²) in [4.78, 5) is 51.4. The van der Waals surface area contributed by atoms with E-state index in [1.54, 1.807) is 6.07 Å². The van der Waals surface area contributed by atoms with Gasteiger partial charge in [0.05, 0.1) is 19.6 Å². The summed E-state index contributed by atoms with van der Waals surface area (Å²) in [5.74, 6) is -1.01. The van der Waals surface area contributed by atoms with E-state index in [0.29, 0.717) is 18.5 Å². The standard InChI is InChI=1S/C34H33N3O7/c38-30(35-29-21-31(39)44-33(29)43-23-26-14-8-3-9-15-26)22-37-27(20-25-12-6-2-7-13-25)16-17-28(32(37)40)36-34(41)42-19-18-24-10-4-1-5-11-24/h1-17,29,33H,18-23H2,(H,35,38)(H,36,41). The van der Waals surface area contributed by atoms with Gasteiger partial charge in [0.15, 0.2) is 0 Å². The number of nitrogens with zero attached hydrogens (tertiary/aromatic N) is 1. The zero-order valence-corrected chi connectivity index (χ0v) is 24.0. The van der Waals surface area contributed by atoms with E-state index in [9.17, 15) is 19.2 Å². The van der Waals surface area contributed by atoms with E-state index in [1.807, 2.05) is 91.0 Å². The summed E-state index contributed by atoms with van der Waals surface area (Å²) in [5.41, 5.74) is 2.81. The summed E-state index contributed by atoms with van der Waals surface area (Å²) in [6.45, 7) is -0.0229. The van der Waals surface area contributed by atoms with E-state index in [0.717, 1.165) is 16.7 Å². The number of anilines is 1. The first-order chi connectivity index (χ1) is 21.4. The molecule has 0 saturated carbocycles. The highest BCUT2D eigenvalue weighted by Crippen LogP contribution is 2.19. The molecule has 10 heteroatoms. The lowest BCUT2D eigenvalue weighted by Crippen LogP contribution is -2.44. The van der Waals surface area contributed by atoms with Crippen LogP contribution in [0.15, 0.2) is 108 Å². The third-order valence-corrected chi connectivity index (χ3v) is 7.06. The van der Waals surface area contributed by atoms with Gasteiger partial charge in [0.25, 0.3) is 5.56 Å². The number of carbonyl (C=O) groups is 3. The summed E-state index contributed by atoms with van der Waals surface area (Å²) < 4.78 is 17.7. The van der Waals surface area contributed by atoms with Crippen molar-refractivity contribution in [1.29, 1.82) is 0 Å². The van der Waals surface area contributed by atoms with Crippen LogP contribution in [0.1, 0.15) is 28.8 Å². The highest BCUT2D eigenvalue weighted by Gasteiger charge is 2.37. The number of ether oxygens (including phenoxy) is 3. The Morgan fingerprint density at radius 1 is 0.818 bits per heavy atom. The van der Waals surface area contributed by atoms with Crippen LogP contribution >= 0.6 is 0 Å². The third-order valence-electron chi connectivity index (χ3n) is 7.06. The van der Waals surface area contributed by atoms with Crippen LogP contribution in [0.2, 0.25) is 0 Å². The Morgan fingerprint density at radius 3 is 2.14 bits per heavy atom. The fourth-order valence-corrected chi connectivity index (χ4v) is 4.85. The SMILES string of the molecule is O=C(Cn1c(Cc2ccccc2)ccc(NC(=O)OCCc2ccccc2)c1=O)NC1CC(=O)OC1OCc1ccccc1. The molecule has 2 atom stereocenters. The second-order valence-electron chi connectivity index (χ2n) is 10.3. The van der Waals surface area contributed by atoms with E-state index >= 15 is 0 Å². The van der Waals surface area contributed by atoms with Crippen LogP contribution in [0.5, 0.6) is 0 Å². The van der Waals surface area contributed by atoms with Crippen molar-refractivity contribution < 1.29 is 28.6 Å². The van der Waals surface area contributed by atoms with Crippen molar-refractivity contribution in [3.8, 4) is 0 Å². The van der Waals surface area contributed by atoms with Crippen molar-refractivity contribution in [3.05, 3.63) is 136 Å². The van der Waals surface area contributed by atoms with Crippen molar-refractivity contribution in [3.63, 3.8) is 0 Å². The van der Waals surface area contributed by atoms with Crippen LogP contribution in [0.4, 0.5) is 10.5 Å². The second kappa shape index (κ2) is 14.8. The molecule has 10 nitrogen and oxygen atoms in total. The first-order valence-corrected chi connectivity index (χ1v) is 14.3. The van der Waals surface area contributed by atoms with E-state index in [4.69, 9.17) is 14.2 Å². The average molecular weight is 596 g/mol. The van der Waals surface area contributed by atoms with Gasteiger partial charge in [-0.2, -0.15) is 0 Å². The molecule has 2 unspecified atom stereocenters. The fourth-order valence-electron chi connectivity index (χ4n) is 4.85. The highest BCUT2D eigenvalue weighted by atomic mass is 16.7. The van der Waals surface area contributed by atoms with Gasteiger partial charge in [-0.25, -0.2) is 4.79 Å². The number of esters is 1. The molecule has 4 aromatic rings. The minimum absolute atomic E-state index is 0.0252. The summed E-state index contributed by atoms with van der Waals surface area (Å²) in [6, 6.07) is 30.9. The zero-order valence-electron chi connectivity index (χ0n) is 24.0. The largest absolute Gasteiger partial charge is 0.449 e. The molecule has 2 heterocycles. The average Bonchev–Trinajstić information content (AvgIpc) is 3.39. The fraction of sp³-hybridized carbons (Fsp3) is 0.235. The van der Waals surface area contributed by atoms with Gasteiger partial charge >= 0.3 is 12.1 Å². The van der Waals surface area contributed by atoms with Crippen molar-refractivity contribution in [1.82, 2.24) is 9.88 Å². The molecule has 0 aliphatic carbocycles. The predicted molar refractivity (Wildman–Crippen MR) is 163 cm³/mol. The van der Waals surface area contributed by atoms with Gasteiger partial charge in [-0.1, -0.05) is 91.0 Å². The maximum Gasteiger partial charge on any atom is 0.411 e. The van der Waals surface area contributed by atoms with E-state index < -0.39 is 35.9 Å². The highest BCUT2D eigenvalue weighted by molar-refractivity contribution is 5.84. The van der Waals surface area contributed by atoms with Crippen molar-refractivity contribution in [2.45, 2.75) is 44.7 Å². The molecule has 44 heavy (non-hydrogen) atoms. The Bertz CT molecular complexity index is 1630. The maximum absolute atomic E-state index is 13.6. The normalized spacial score (nSPS) is 15.8. The number of cyclic esters (lactones) is 1. The molecule has 0 radical (unpaired) electrons. The Balaban J connectivity index is 1.27. The third kappa shape index (κ3) is 8.42. The van der Waals surface area contributed by atoms with Crippen molar-refractivity contribution in [2.75, 3.05) is 11.9 Å². The molecule has 1 aliphatic rings. The lowest BCUT2D eigenvalue weighted by Gasteiger charge is -2.20. The molecule has 2 N–H and O–H groups in total. The number of aromatic nitrogens is 1.